The summed E-state index contributed by atoms with van der Waals surface area (Å²) >= 11 is 3.32. The van der Waals surface area contributed by atoms with Crippen LogP contribution in [0.5, 0.6) is 0 Å². The van der Waals surface area contributed by atoms with Crippen molar-refractivity contribution >= 4 is 26.1 Å². The molecule has 0 amide bonds. The average molecular weight is 293 g/mol. The monoisotopic (exact) mass is 292 g/mol. The highest BCUT2D eigenvalue weighted by Gasteiger charge is 2.06. The first-order valence-electron chi connectivity index (χ1n) is 4.52. The maximum Gasteiger partial charge on any atom is 0.277 e. The van der Waals surface area contributed by atoms with Gasteiger partial charge < -0.3 is 0 Å². The van der Waals surface area contributed by atoms with Crippen molar-refractivity contribution in [2.24, 2.45) is 0 Å². The summed E-state index contributed by atoms with van der Waals surface area (Å²) in [5.41, 5.74) is 0.908. The molecule has 1 rings (SSSR count). The quantitative estimate of drug-likeness (QED) is 0.862. The van der Waals surface area contributed by atoms with Gasteiger partial charge in [-0.1, -0.05) is 35.0 Å². The van der Waals surface area contributed by atoms with Crippen LogP contribution in [-0.4, -0.2) is 15.0 Å². The minimum Gasteiger partial charge on any atom is -0.203 e. The van der Waals surface area contributed by atoms with Crippen LogP contribution in [0.2, 0.25) is 0 Å². The molecule has 6 heteroatoms. The smallest absolute Gasteiger partial charge is 0.203 e. The zero-order valence-corrected chi connectivity index (χ0v) is 10.7. The SMILES string of the molecule is CCNS(=O)(=O)NCc1cccc(Br)c1. The van der Waals surface area contributed by atoms with Crippen molar-refractivity contribution in [3.05, 3.63) is 34.3 Å². The second-order valence-electron chi connectivity index (χ2n) is 2.95. The van der Waals surface area contributed by atoms with Gasteiger partial charge in [0.2, 0.25) is 0 Å². The van der Waals surface area contributed by atoms with Crippen LogP contribution in [-0.2, 0) is 16.8 Å². The Morgan fingerprint density at radius 3 is 2.67 bits per heavy atom. The normalized spacial score (nSPS) is 11.6. The van der Waals surface area contributed by atoms with E-state index in [2.05, 4.69) is 25.4 Å². The van der Waals surface area contributed by atoms with Gasteiger partial charge in [0, 0.05) is 17.6 Å². The third-order valence-corrected chi connectivity index (χ3v) is 3.38. The second kappa shape index (κ2) is 5.60. The van der Waals surface area contributed by atoms with Crippen molar-refractivity contribution in [1.29, 1.82) is 0 Å². The Kier molecular flexibility index (Phi) is 4.72. The largest absolute Gasteiger partial charge is 0.277 e. The van der Waals surface area contributed by atoms with E-state index in [0.29, 0.717) is 6.54 Å². The summed E-state index contributed by atoms with van der Waals surface area (Å²) in [6, 6.07) is 7.48. The molecule has 0 atom stereocenters. The van der Waals surface area contributed by atoms with Crippen molar-refractivity contribution in [3.8, 4) is 0 Å². The van der Waals surface area contributed by atoms with Gasteiger partial charge in [-0.05, 0) is 17.7 Å². The van der Waals surface area contributed by atoms with Gasteiger partial charge >= 0.3 is 0 Å². The number of hydrogen-bond donors (Lipinski definition) is 2. The molecule has 0 radical (unpaired) electrons. The molecule has 0 saturated carbocycles. The van der Waals surface area contributed by atoms with E-state index in [1.807, 2.05) is 24.3 Å². The van der Waals surface area contributed by atoms with Gasteiger partial charge in [0.15, 0.2) is 0 Å². The van der Waals surface area contributed by atoms with Gasteiger partial charge in [0.05, 0.1) is 0 Å². The predicted molar refractivity (Wildman–Crippen MR) is 63.6 cm³/mol. The van der Waals surface area contributed by atoms with Crippen molar-refractivity contribution in [2.45, 2.75) is 13.5 Å². The highest BCUT2D eigenvalue weighted by molar-refractivity contribution is 9.10. The predicted octanol–water partition coefficient (Wildman–Crippen LogP) is 1.39. The Balaban J connectivity index is 2.58. The van der Waals surface area contributed by atoms with Crippen molar-refractivity contribution < 1.29 is 8.42 Å². The molecule has 0 aromatic heterocycles. The summed E-state index contributed by atoms with van der Waals surface area (Å²) in [6.45, 7) is 2.40. The first kappa shape index (κ1) is 12.6. The van der Waals surface area contributed by atoms with E-state index >= 15 is 0 Å². The molecule has 0 bridgehead atoms. The molecule has 0 spiro atoms. The molecule has 0 fully saturated rings. The zero-order chi connectivity index (χ0) is 11.3. The lowest BCUT2D eigenvalue weighted by molar-refractivity contribution is 0.568. The van der Waals surface area contributed by atoms with Crippen LogP contribution >= 0.6 is 15.9 Å². The fourth-order valence-corrected chi connectivity index (χ4v) is 2.35. The Labute approximate surface area is 98.4 Å². The lowest BCUT2D eigenvalue weighted by Crippen LogP contribution is -2.35. The van der Waals surface area contributed by atoms with Gasteiger partial charge in [0.25, 0.3) is 10.2 Å². The Hall–Kier alpha value is -0.430. The van der Waals surface area contributed by atoms with Crippen LogP contribution in [0.4, 0.5) is 0 Å². The van der Waals surface area contributed by atoms with Crippen molar-refractivity contribution in [1.82, 2.24) is 9.44 Å². The van der Waals surface area contributed by atoms with E-state index in [-0.39, 0.29) is 6.54 Å². The van der Waals surface area contributed by atoms with E-state index in [9.17, 15) is 8.42 Å². The lowest BCUT2D eigenvalue weighted by atomic mass is 10.2. The third-order valence-electron chi connectivity index (χ3n) is 1.69. The van der Waals surface area contributed by atoms with Crippen LogP contribution in [0.3, 0.4) is 0 Å². The van der Waals surface area contributed by atoms with Crippen LogP contribution in [0.15, 0.2) is 28.7 Å². The maximum atomic E-state index is 11.3. The molecular formula is C9H13BrN2O2S. The molecule has 1 aromatic carbocycles. The fraction of sp³-hybridized carbons (Fsp3) is 0.333. The number of nitrogens with one attached hydrogen (secondary N) is 2. The molecule has 0 heterocycles. The van der Waals surface area contributed by atoms with Gasteiger partial charge in [-0.15, -0.1) is 0 Å². The molecule has 1 aromatic rings. The number of halogens is 1. The molecule has 15 heavy (non-hydrogen) atoms. The van der Waals surface area contributed by atoms with E-state index in [0.717, 1.165) is 10.0 Å². The first-order chi connectivity index (χ1) is 7.03. The second-order valence-corrected chi connectivity index (χ2v) is 5.45. The first-order valence-corrected chi connectivity index (χ1v) is 6.80. The standard InChI is InChI=1S/C9H13BrN2O2S/c1-2-11-15(13,14)12-7-8-4-3-5-9(10)6-8/h3-6,11-12H,2,7H2,1H3. The minimum absolute atomic E-state index is 0.286. The van der Waals surface area contributed by atoms with Crippen LogP contribution in [0.25, 0.3) is 0 Å². The summed E-state index contributed by atoms with van der Waals surface area (Å²) in [6.07, 6.45) is 0. The van der Waals surface area contributed by atoms with Crippen LogP contribution in [0, 0.1) is 0 Å². The summed E-state index contributed by atoms with van der Waals surface area (Å²) < 4.78 is 28.2. The van der Waals surface area contributed by atoms with Crippen molar-refractivity contribution in [3.63, 3.8) is 0 Å². The molecule has 84 valence electrons. The van der Waals surface area contributed by atoms with Gasteiger partial charge in [-0.3, -0.25) is 0 Å². The molecule has 0 aliphatic carbocycles. The third kappa shape index (κ3) is 4.74. The Morgan fingerprint density at radius 2 is 2.07 bits per heavy atom. The zero-order valence-electron chi connectivity index (χ0n) is 8.33. The number of hydrogen-bond acceptors (Lipinski definition) is 2. The summed E-state index contributed by atoms with van der Waals surface area (Å²) in [7, 11) is -3.36. The maximum absolute atomic E-state index is 11.3. The molecule has 0 saturated heterocycles. The highest BCUT2D eigenvalue weighted by atomic mass is 79.9. The number of rotatable bonds is 5. The number of benzene rings is 1. The Bertz CT molecular complexity index is 420. The topological polar surface area (TPSA) is 58.2 Å². The van der Waals surface area contributed by atoms with E-state index in [1.54, 1.807) is 6.92 Å². The molecule has 0 aliphatic heterocycles. The van der Waals surface area contributed by atoms with Crippen LogP contribution < -0.4 is 9.44 Å². The van der Waals surface area contributed by atoms with Crippen molar-refractivity contribution in [2.75, 3.05) is 6.54 Å². The van der Waals surface area contributed by atoms with Crippen LogP contribution in [0.1, 0.15) is 12.5 Å². The molecule has 0 unspecified atom stereocenters. The molecule has 4 nitrogen and oxygen atoms in total. The molecular weight excluding hydrogens is 280 g/mol. The van der Waals surface area contributed by atoms with Gasteiger partial charge in [-0.2, -0.15) is 13.1 Å². The summed E-state index contributed by atoms with van der Waals surface area (Å²) in [5.74, 6) is 0. The van der Waals surface area contributed by atoms with Gasteiger partial charge in [-0.25, -0.2) is 4.72 Å². The molecule has 0 aliphatic rings. The van der Waals surface area contributed by atoms with E-state index in [4.69, 9.17) is 0 Å². The van der Waals surface area contributed by atoms with E-state index in [1.165, 1.54) is 0 Å². The summed E-state index contributed by atoms with van der Waals surface area (Å²) in [4.78, 5) is 0. The Morgan fingerprint density at radius 1 is 1.33 bits per heavy atom. The molecule has 2 N–H and O–H groups in total. The minimum atomic E-state index is -3.36. The lowest BCUT2D eigenvalue weighted by Gasteiger charge is -2.06. The highest BCUT2D eigenvalue weighted by Crippen LogP contribution is 2.11. The summed E-state index contributed by atoms with van der Waals surface area (Å²) in [5, 5.41) is 0. The van der Waals surface area contributed by atoms with E-state index < -0.39 is 10.2 Å². The fourth-order valence-electron chi connectivity index (χ4n) is 1.07. The average Bonchev–Trinajstić information content (AvgIpc) is 2.15. The van der Waals surface area contributed by atoms with Gasteiger partial charge in [0.1, 0.15) is 0 Å².